The maximum Gasteiger partial charge on any atom is 0.322 e. The second kappa shape index (κ2) is 7.77. The van der Waals surface area contributed by atoms with Gasteiger partial charge in [-0.2, -0.15) is 4.98 Å². The largest absolute Gasteiger partial charge is 0.354 e. The molecule has 0 aliphatic carbocycles. The van der Waals surface area contributed by atoms with E-state index in [1.165, 1.54) is 0 Å². The SMILES string of the molecule is Cc1ccc(-c2noc(CCNC(=O)C3CCC(=O)NC(=O)N3)n2)cc1. The molecule has 0 radical (unpaired) electrons. The summed E-state index contributed by atoms with van der Waals surface area (Å²) >= 11 is 0. The van der Waals surface area contributed by atoms with Crippen LogP contribution in [0.2, 0.25) is 0 Å². The molecule has 2 heterocycles. The molecule has 1 saturated heterocycles. The summed E-state index contributed by atoms with van der Waals surface area (Å²) in [4.78, 5) is 39.1. The standard InChI is InChI=1S/C17H19N5O4/c1-10-2-4-11(5-3-10)15-21-14(26-22-15)8-9-18-16(24)12-6-7-13(23)20-17(25)19-12/h2-5,12H,6-9H2,1H3,(H,18,24)(H2,19,20,23,25). The Morgan fingerprint density at radius 3 is 2.85 bits per heavy atom. The predicted molar refractivity (Wildman–Crippen MR) is 90.9 cm³/mol. The topological polar surface area (TPSA) is 126 Å². The Kier molecular flexibility index (Phi) is 5.26. The van der Waals surface area contributed by atoms with E-state index in [0.717, 1.165) is 11.1 Å². The Hall–Kier alpha value is -3.23. The number of imide groups is 1. The summed E-state index contributed by atoms with van der Waals surface area (Å²) in [6.07, 6.45) is 0.727. The number of hydrogen-bond acceptors (Lipinski definition) is 6. The van der Waals surface area contributed by atoms with Gasteiger partial charge in [0.25, 0.3) is 0 Å². The maximum atomic E-state index is 12.1. The van der Waals surface area contributed by atoms with E-state index >= 15 is 0 Å². The zero-order valence-corrected chi connectivity index (χ0v) is 14.2. The summed E-state index contributed by atoms with van der Waals surface area (Å²) in [5.74, 6) is 0.148. The smallest absolute Gasteiger partial charge is 0.322 e. The first-order valence-corrected chi connectivity index (χ1v) is 8.29. The third-order valence-electron chi connectivity index (χ3n) is 3.95. The van der Waals surface area contributed by atoms with Gasteiger partial charge in [-0.15, -0.1) is 0 Å². The van der Waals surface area contributed by atoms with Gasteiger partial charge in [-0.3, -0.25) is 14.9 Å². The summed E-state index contributed by atoms with van der Waals surface area (Å²) in [6, 6.07) is 6.35. The minimum atomic E-state index is -0.743. The lowest BCUT2D eigenvalue weighted by Crippen LogP contribution is -2.48. The molecule has 4 amide bonds. The number of hydrogen-bond donors (Lipinski definition) is 3. The fraction of sp³-hybridized carbons (Fsp3) is 0.353. The fourth-order valence-corrected chi connectivity index (χ4v) is 2.52. The van der Waals surface area contributed by atoms with Crippen LogP contribution in [-0.4, -0.2) is 40.6 Å². The second-order valence-corrected chi connectivity index (χ2v) is 6.03. The Labute approximate surface area is 149 Å². The van der Waals surface area contributed by atoms with Crippen LogP contribution in [0.1, 0.15) is 24.3 Å². The highest BCUT2D eigenvalue weighted by atomic mass is 16.5. The summed E-state index contributed by atoms with van der Waals surface area (Å²) in [5.41, 5.74) is 2.00. The zero-order chi connectivity index (χ0) is 18.5. The lowest BCUT2D eigenvalue weighted by atomic mass is 10.1. The first-order chi connectivity index (χ1) is 12.5. The normalized spacial score (nSPS) is 17.2. The van der Waals surface area contributed by atoms with Crippen LogP contribution in [0.4, 0.5) is 4.79 Å². The zero-order valence-electron chi connectivity index (χ0n) is 14.2. The van der Waals surface area contributed by atoms with Gasteiger partial charge >= 0.3 is 6.03 Å². The van der Waals surface area contributed by atoms with Gasteiger partial charge in [0.05, 0.1) is 0 Å². The number of rotatable bonds is 5. The number of nitrogens with one attached hydrogen (secondary N) is 3. The van der Waals surface area contributed by atoms with Crippen LogP contribution in [0.15, 0.2) is 28.8 Å². The third-order valence-corrected chi connectivity index (χ3v) is 3.95. The van der Waals surface area contributed by atoms with Crippen molar-refractivity contribution < 1.29 is 18.9 Å². The molecule has 1 unspecified atom stereocenters. The summed E-state index contributed by atoms with van der Waals surface area (Å²) in [5, 5.41) is 11.2. The molecule has 0 saturated carbocycles. The molecule has 1 aromatic carbocycles. The van der Waals surface area contributed by atoms with Gasteiger partial charge in [0.1, 0.15) is 6.04 Å². The van der Waals surface area contributed by atoms with Crippen molar-refractivity contribution in [1.29, 1.82) is 0 Å². The number of benzene rings is 1. The minimum Gasteiger partial charge on any atom is -0.354 e. The van der Waals surface area contributed by atoms with E-state index in [4.69, 9.17) is 4.52 Å². The highest BCUT2D eigenvalue weighted by Crippen LogP contribution is 2.16. The van der Waals surface area contributed by atoms with Crippen molar-refractivity contribution >= 4 is 17.8 Å². The van der Waals surface area contributed by atoms with E-state index in [9.17, 15) is 14.4 Å². The molecular weight excluding hydrogens is 338 g/mol. The highest BCUT2D eigenvalue weighted by molar-refractivity contribution is 5.98. The molecule has 0 bridgehead atoms. The van der Waals surface area contributed by atoms with Crippen LogP contribution in [0, 0.1) is 6.92 Å². The highest BCUT2D eigenvalue weighted by Gasteiger charge is 2.25. The van der Waals surface area contributed by atoms with Crippen LogP contribution in [0.3, 0.4) is 0 Å². The van der Waals surface area contributed by atoms with Crippen LogP contribution in [0.25, 0.3) is 11.4 Å². The Morgan fingerprint density at radius 1 is 1.31 bits per heavy atom. The van der Waals surface area contributed by atoms with Crippen LogP contribution in [0.5, 0.6) is 0 Å². The van der Waals surface area contributed by atoms with Gasteiger partial charge in [0, 0.05) is 24.9 Å². The number of aryl methyl sites for hydroxylation is 1. The summed E-state index contributed by atoms with van der Waals surface area (Å²) in [6.45, 7) is 2.28. The van der Waals surface area contributed by atoms with E-state index < -0.39 is 18.0 Å². The molecule has 1 aliphatic rings. The Balaban J connectivity index is 1.50. The lowest BCUT2D eigenvalue weighted by Gasteiger charge is -2.14. The van der Waals surface area contributed by atoms with E-state index in [2.05, 4.69) is 26.1 Å². The van der Waals surface area contributed by atoms with Crippen LogP contribution < -0.4 is 16.0 Å². The maximum absolute atomic E-state index is 12.1. The van der Waals surface area contributed by atoms with Crippen molar-refractivity contribution in [3.8, 4) is 11.4 Å². The summed E-state index contributed by atoms with van der Waals surface area (Å²) < 4.78 is 5.19. The Morgan fingerprint density at radius 2 is 2.08 bits per heavy atom. The van der Waals surface area contributed by atoms with Gasteiger partial charge < -0.3 is 15.2 Å². The molecule has 9 nitrogen and oxygen atoms in total. The molecule has 0 spiro atoms. The second-order valence-electron chi connectivity index (χ2n) is 6.03. The molecule has 9 heteroatoms. The third kappa shape index (κ3) is 4.44. The van der Waals surface area contributed by atoms with Crippen molar-refractivity contribution in [1.82, 2.24) is 26.1 Å². The van der Waals surface area contributed by atoms with E-state index in [1.807, 2.05) is 31.2 Å². The molecule has 3 N–H and O–H groups in total. The van der Waals surface area contributed by atoms with Crippen LogP contribution >= 0.6 is 0 Å². The molecule has 1 aliphatic heterocycles. The van der Waals surface area contributed by atoms with Crippen molar-refractivity contribution in [3.63, 3.8) is 0 Å². The molecule has 1 atom stereocenters. The van der Waals surface area contributed by atoms with E-state index in [-0.39, 0.29) is 25.3 Å². The van der Waals surface area contributed by atoms with Crippen LogP contribution in [-0.2, 0) is 16.0 Å². The lowest BCUT2D eigenvalue weighted by molar-refractivity contribution is -0.123. The number of carbonyl (C=O) groups is 3. The number of carbonyl (C=O) groups excluding carboxylic acids is 3. The van der Waals surface area contributed by atoms with Crippen molar-refractivity contribution in [3.05, 3.63) is 35.7 Å². The Bertz CT molecular complexity index is 815. The van der Waals surface area contributed by atoms with E-state index in [1.54, 1.807) is 0 Å². The number of nitrogens with zero attached hydrogens (tertiary/aromatic N) is 2. The molecule has 3 rings (SSSR count). The summed E-state index contributed by atoms with van der Waals surface area (Å²) in [7, 11) is 0. The van der Waals surface area contributed by atoms with Gasteiger partial charge in [-0.25, -0.2) is 4.79 Å². The van der Waals surface area contributed by atoms with Gasteiger partial charge in [-0.05, 0) is 13.3 Å². The monoisotopic (exact) mass is 357 g/mol. The van der Waals surface area contributed by atoms with Gasteiger partial charge in [0.15, 0.2) is 0 Å². The minimum absolute atomic E-state index is 0.112. The number of aromatic nitrogens is 2. The first-order valence-electron chi connectivity index (χ1n) is 8.29. The van der Waals surface area contributed by atoms with Gasteiger partial charge in [0.2, 0.25) is 23.5 Å². The molecule has 1 aromatic heterocycles. The molecule has 26 heavy (non-hydrogen) atoms. The average Bonchev–Trinajstić information content (AvgIpc) is 3.00. The quantitative estimate of drug-likeness (QED) is 0.723. The number of amides is 4. The molecule has 2 aromatic rings. The molecular formula is C17H19N5O4. The fourth-order valence-electron chi connectivity index (χ4n) is 2.52. The average molecular weight is 357 g/mol. The molecule has 136 valence electrons. The predicted octanol–water partition coefficient (Wildman–Crippen LogP) is 0.692. The number of urea groups is 1. The van der Waals surface area contributed by atoms with Crippen molar-refractivity contribution in [2.75, 3.05) is 6.54 Å². The van der Waals surface area contributed by atoms with Crippen molar-refractivity contribution in [2.45, 2.75) is 32.2 Å². The molecule has 1 fully saturated rings. The first kappa shape index (κ1) is 17.6. The van der Waals surface area contributed by atoms with E-state index in [0.29, 0.717) is 18.1 Å². The van der Waals surface area contributed by atoms with Crippen molar-refractivity contribution in [2.24, 2.45) is 0 Å². The van der Waals surface area contributed by atoms with Gasteiger partial charge in [-0.1, -0.05) is 35.0 Å².